The van der Waals surface area contributed by atoms with Crippen LogP contribution in [0.1, 0.15) is 45.7 Å². The standard InChI is InChI=1S/C24H21F10IN2O3S/c1-11-9-12(21(25,22(26,27)28)23(29,30)31)5-7-14(11)36-18(38)13-6-8-15(40-24(32,33)34)17(35)16(13)19(39)37-20(2,3)10-41-4/h5-9H,10H2,1-4H3,(H,36,38)(H,37,39). The van der Waals surface area contributed by atoms with E-state index in [4.69, 9.17) is 0 Å². The minimum absolute atomic E-state index is 0.187. The molecule has 0 atom stereocenters. The normalized spacial score (nSPS) is 13.1. The van der Waals surface area contributed by atoms with Gasteiger partial charge < -0.3 is 15.4 Å². The van der Waals surface area contributed by atoms with Crippen LogP contribution in [-0.4, -0.2) is 48.1 Å². The van der Waals surface area contributed by atoms with Crippen LogP contribution in [0, 0.1) is 10.5 Å². The molecule has 0 unspecified atom stereocenters. The molecule has 0 aromatic heterocycles. The van der Waals surface area contributed by atoms with Gasteiger partial charge in [-0.15, -0.1) is 13.2 Å². The summed E-state index contributed by atoms with van der Waals surface area (Å²) in [6.45, 7) is 4.22. The fourth-order valence-electron chi connectivity index (χ4n) is 3.63. The number of hydrogen-bond donors (Lipinski definition) is 2. The van der Waals surface area contributed by atoms with Gasteiger partial charge in [-0.25, -0.2) is 4.39 Å². The zero-order chi connectivity index (χ0) is 31.8. The summed E-state index contributed by atoms with van der Waals surface area (Å²) in [7, 11) is 0. The summed E-state index contributed by atoms with van der Waals surface area (Å²) in [5, 5.41) is 4.78. The number of halogens is 11. The topological polar surface area (TPSA) is 67.4 Å². The Morgan fingerprint density at radius 2 is 1.46 bits per heavy atom. The molecule has 2 amide bonds. The number of hydrogen-bond acceptors (Lipinski definition) is 4. The van der Waals surface area contributed by atoms with Gasteiger partial charge in [0.1, 0.15) is 5.75 Å². The predicted molar refractivity (Wildman–Crippen MR) is 140 cm³/mol. The van der Waals surface area contributed by atoms with E-state index in [1.54, 1.807) is 20.1 Å². The van der Waals surface area contributed by atoms with Crippen molar-refractivity contribution in [2.45, 2.75) is 50.7 Å². The highest BCUT2D eigenvalue weighted by atomic mass is 127. The molecule has 0 bridgehead atoms. The molecule has 2 aromatic rings. The van der Waals surface area contributed by atoms with Gasteiger partial charge in [-0.2, -0.15) is 38.1 Å². The Morgan fingerprint density at radius 1 is 0.902 bits per heavy atom. The van der Waals surface area contributed by atoms with Crippen LogP contribution in [0.2, 0.25) is 0 Å². The van der Waals surface area contributed by atoms with Crippen molar-refractivity contribution < 1.29 is 58.2 Å². The molecule has 0 aliphatic heterocycles. The molecule has 5 nitrogen and oxygen atoms in total. The number of ether oxygens (including phenoxy) is 1. The van der Waals surface area contributed by atoms with E-state index in [9.17, 15) is 53.5 Å². The highest BCUT2D eigenvalue weighted by molar-refractivity contribution is 14.1. The quantitative estimate of drug-likeness (QED) is 0.214. The lowest BCUT2D eigenvalue weighted by molar-refractivity contribution is -0.348. The number of amides is 2. The first kappa shape index (κ1) is 34.8. The summed E-state index contributed by atoms with van der Waals surface area (Å²) in [4.78, 5) is 26.3. The summed E-state index contributed by atoms with van der Waals surface area (Å²) >= 11 is 2.71. The number of carbonyl (C=O) groups excluding carboxylic acids is 2. The van der Waals surface area contributed by atoms with Crippen LogP contribution in [0.25, 0.3) is 0 Å². The summed E-state index contributed by atoms with van der Waals surface area (Å²) in [5.74, 6) is -2.55. The monoisotopic (exact) mass is 734 g/mol. The average Bonchev–Trinajstić information content (AvgIpc) is 2.78. The Labute approximate surface area is 244 Å². The van der Waals surface area contributed by atoms with Crippen molar-refractivity contribution >= 4 is 51.9 Å². The largest absolute Gasteiger partial charge is 0.573 e. The first-order chi connectivity index (χ1) is 18.4. The van der Waals surface area contributed by atoms with Crippen molar-refractivity contribution in [3.05, 3.63) is 56.2 Å². The number of carbonyl (C=O) groups is 2. The third-order valence-corrected chi connectivity index (χ3v) is 7.50. The van der Waals surface area contributed by atoms with Crippen LogP contribution in [0.3, 0.4) is 0 Å². The zero-order valence-electron chi connectivity index (χ0n) is 21.4. The van der Waals surface area contributed by atoms with Gasteiger partial charge in [0.2, 0.25) is 0 Å². The van der Waals surface area contributed by atoms with Gasteiger partial charge in [0.25, 0.3) is 11.8 Å². The maximum atomic E-state index is 14.4. The van der Waals surface area contributed by atoms with Crippen LogP contribution in [0.5, 0.6) is 5.75 Å². The molecule has 0 radical (unpaired) electrons. The van der Waals surface area contributed by atoms with Crippen molar-refractivity contribution in [2.24, 2.45) is 0 Å². The molecule has 41 heavy (non-hydrogen) atoms. The number of alkyl halides is 10. The number of aryl methyl sites for hydroxylation is 1. The van der Waals surface area contributed by atoms with Crippen molar-refractivity contribution in [1.29, 1.82) is 0 Å². The first-order valence-corrected chi connectivity index (χ1v) is 13.6. The van der Waals surface area contributed by atoms with E-state index in [0.717, 1.165) is 19.1 Å². The predicted octanol–water partition coefficient (Wildman–Crippen LogP) is 7.91. The van der Waals surface area contributed by atoms with Crippen LogP contribution in [0.4, 0.5) is 49.6 Å². The molecule has 0 spiro atoms. The number of benzene rings is 2. The van der Waals surface area contributed by atoms with E-state index in [-0.39, 0.29) is 17.8 Å². The lowest BCUT2D eigenvalue weighted by Crippen LogP contribution is -2.50. The van der Waals surface area contributed by atoms with Crippen LogP contribution >= 0.6 is 34.4 Å². The van der Waals surface area contributed by atoms with E-state index >= 15 is 0 Å². The van der Waals surface area contributed by atoms with E-state index in [1.807, 2.05) is 0 Å². The third kappa shape index (κ3) is 7.90. The molecule has 0 fully saturated rings. The second-order valence-corrected chi connectivity index (χ2v) is 11.2. The Kier molecular flexibility index (Phi) is 10.2. The molecule has 2 rings (SSSR count). The number of rotatable bonds is 8. The van der Waals surface area contributed by atoms with Crippen molar-refractivity contribution in [3.8, 4) is 5.75 Å². The molecule has 228 valence electrons. The number of nitrogens with one attached hydrogen (secondary N) is 2. The molecular formula is C24H21F10IN2O3S. The lowest BCUT2D eigenvalue weighted by Gasteiger charge is -2.30. The molecule has 2 N–H and O–H groups in total. The van der Waals surface area contributed by atoms with Crippen LogP contribution in [0.15, 0.2) is 30.3 Å². The number of thioether (sulfide) groups is 1. The SMILES string of the molecule is CSCC(C)(C)NC(=O)c1c(C(=O)Nc2ccc(C(F)(C(F)(F)F)C(F)(F)F)cc2C)ccc(OC(F)(F)F)c1I. The van der Waals surface area contributed by atoms with Crippen LogP contribution in [-0.2, 0) is 5.67 Å². The fraction of sp³-hybridized carbons (Fsp3) is 0.417. The van der Waals surface area contributed by atoms with Gasteiger partial charge >= 0.3 is 24.4 Å². The molecule has 0 heterocycles. The van der Waals surface area contributed by atoms with E-state index < -0.39 is 73.3 Å². The summed E-state index contributed by atoms with van der Waals surface area (Å²) in [6, 6.07) is 2.62. The maximum absolute atomic E-state index is 14.4. The highest BCUT2D eigenvalue weighted by Gasteiger charge is 2.73. The van der Waals surface area contributed by atoms with Gasteiger partial charge in [-0.1, -0.05) is 12.1 Å². The first-order valence-electron chi connectivity index (χ1n) is 11.1. The molecule has 0 aliphatic carbocycles. The third-order valence-electron chi connectivity index (χ3n) is 5.41. The van der Waals surface area contributed by atoms with Crippen LogP contribution < -0.4 is 15.4 Å². The second kappa shape index (κ2) is 12.0. The molecule has 0 saturated carbocycles. The lowest BCUT2D eigenvalue weighted by atomic mass is 9.92. The van der Waals surface area contributed by atoms with Gasteiger partial charge in [-0.3, -0.25) is 9.59 Å². The minimum atomic E-state index is -6.36. The Bertz CT molecular complexity index is 1300. The zero-order valence-corrected chi connectivity index (χ0v) is 24.4. The molecule has 0 aliphatic rings. The molecule has 0 saturated heterocycles. The van der Waals surface area contributed by atoms with Crippen molar-refractivity contribution in [3.63, 3.8) is 0 Å². The van der Waals surface area contributed by atoms with E-state index in [1.165, 1.54) is 34.4 Å². The van der Waals surface area contributed by atoms with Gasteiger partial charge in [0.15, 0.2) is 0 Å². The van der Waals surface area contributed by atoms with Crippen molar-refractivity contribution in [1.82, 2.24) is 5.32 Å². The van der Waals surface area contributed by atoms with Gasteiger partial charge in [0.05, 0.1) is 14.7 Å². The minimum Gasteiger partial charge on any atom is -0.405 e. The van der Waals surface area contributed by atoms with Gasteiger partial charge in [0, 0.05) is 22.5 Å². The molecule has 17 heteroatoms. The van der Waals surface area contributed by atoms with E-state index in [0.29, 0.717) is 11.8 Å². The van der Waals surface area contributed by atoms with E-state index in [2.05, 4.69) is 15.4 Å². The smallest absolute Gasteiger partial charge is 0.405 e. The second-order valence-electron chi connectivity index (χ2n) is 9.26. The summed E-state index contributed by atoms with van der Waals surface area (Å²) in [5.41, 5.74) is -10.2. The highest BCUT2D eigenvalue weighted by Crippen LogP contribution is 2.53. The summed E-state index contributed by atoms with van der Waals surface area (Å²) < 4.78 is 135. The van der Waals surface area contributed by atoms with Gasteiger partial charge in [-0.05, 0) is 73.4 Å². The Hall–Kier alpha value is -2.44. The maximum Gasteiger partial charge on any atom is 0.573 e. The Morgan fingerprint density at radius 3 is 1.93 bits per heavy atom. The Balaban J connectivity index is 2.57. The summed E-state index contributed by atoms with van der Waals surface area (Å²) in [6.07, 6.45) is -16.1. The number of anilines is 1. The molecule has 2 aromatic carbocycles. The van der Waals surface area contributed by atoms with Crippen molar-refractivity contribution in [2.75, 3.05) is 17.3 Å². The average molecular weight is 734 g/mol. The molecular weight excluding hydrogens is 713 g/mol. The fourth-order valence-corrected chi connectivity index (χ4v) is 5.25.